The van der Waals surface area contributed by atoms with E-state index in [0.29, 0.717) is 12.8 Å². The van der Waals surface area contributed by atoms with E-state index in [1.165, 1.54) is 0 Å². The summed E-state index contributed by atoms with van der Waals surface area (Å²) >= 11 is 0.800. The molecule has 0 radical (unpaired) electrons. The average Bonchev–Trinajstić information content (AvgIpc) is 2.27. The van der Waals surface area contributed by atoms with E-state index < -0.39 is 28.4 Å². The molecule has 0 aliphatic carbocycles. The summed E-state index contributed by atoms with van der Waals surface area (Å²) in [4.78, 5) is 1.87. The minimum atomic E-state index is -1.60. The summed E-state index contributed by atoms with van der Waals surface area (Å²) in [7, 11) is 0. The molecule has 0 aliphatic heterocycles. The maximum absolute atomic E-state index is 13.2. The third-order valence-electron chi connectivity index (χ3n) is 2.15. The SMILES string of the molecule is CCC(CC)Sc1c(F)c(F)nc(F)c1F. The van der Waals surface area contributed by atoms with Gasteiger partial charge in [-0.1, -0.05) is 13.8 Å². The fraction of sp³-hybridized carbons (Fsp3) is 0.500. The molecular formula is C10H11F4NS. The summed E-state index contributed by atoms with van der Waals surface area (Å²) < 4.78 is 52.0. The molecule has 1 rings (SSSR count). The Morgan fingerprint density at radius 3 is 1.81 bits per heavy atom. The third-order valence-corrected chi connectivity index (χ3v) is 3.75. The number of hydrogen-bond donors (Lipinski definition) is 0. The quantitative estimate of drug-likeness (QED) is 0.458. The summed E-state index contributed by atoms with van der Waals surface area (Å²) in [5.41, 5.74) is 0. The first-order valence-corrected chi connectivity index (χ1v) is 5.75. The molecule has 0 atom stereocenters. The number of thioether (sulfide) groups is 1. The smallest absolute Gasteiger partial charge is 0.201 e. The fourth-order valence-corrected chi connectivity index (χ4v) is 2.24. The topological polar surface area (TPSA) is 12.9 Å². The number of hydrogen-bond acceptors (Lipinski definition) is 2. The zero-order valence-corrected chi connectivity index (χ0v) is 9.68. The van der Waals surface area contributed by atoms with Crippen LogP contribution in [0.1, 0.15) is 26.7 Å². The summed E-state index contributed by atoms with van der Waals surface area (Å²) in [6, 6.07) is 0. The van der Waals surface area contributed by atoms with E-state index in [0.717, 1.165) is 11.8 Å². The van der Waals surface area contributed by atoms with Crippen LogP contribution < -0.4 is 0 Å². The Balaban J connectivity index is 3.11. The summed E-state index contributed by atoms with van der Waals surface area (Å²) in [5.74, 6) is -6.05. The molecule has 0 fully saturated rings. The lowest BCUT2D eigenvalue weighted by molar-refractivity contribution is 0.383. The lowest BCUT2D eigenvalue weighted by Crippen LogP contribution is -2.06. The van der Waals surface area contributed by atoms with Crippen molar-refractivity contribution in [2.45, 2.75) is 36.8 Å². The molecule has 1 aromatic heterocycles. The van der Waals surface area contributed by atoms with E-state index >= 15 is 0 Å². The molecule has 0 saturated carbocycles. The molecule has 1 nitrogen and oxygen atoms in total. The van der Waals surface area contributed by atoms with Crippen LogP contribution in [0, 0.1) is 23.5 Å². The van der Waals surface area contributed by atoms with Gasteiger partial charge in [0, 0.05) is 5.25 Å². The maximum Gasteiger partial charge on any atom is 0.252 e. The predicted molar refractivity (Wildman–Crippen MR) is 54.3 cm³/mol. The first kappa shape index (κ1) is 13.3. The highest BCUT2D eigenvalue weighted by molar-refractivity contribution is 8.00. The molecule has 0 aliphatic rings. The van der Waals surface area contributed by atoms with Crippen LogP contribution in [0.4, 0.5) is 17.6 Å². The molecule has 6 heteroatoms. The number of rotatable bonds is 4. The van der Waals surface area contributed by atoms with Crippen LogP contribution >= 0.6 is 11.8 Å². The van der Waals surface area contributed by atoms with E-state index in [1.54, 1.807) is 0 Å². The van der Waals surface area contributed by atoms with Crippen LogP contribution in [0.5, 0.6) is 0 Å². The number of pyridine rings is 1. The monoisotopic (exact) mass is 253 g/mol. The van der Waals surface area contributed by atoms with Crippen LogP contribution in [0.15, 0.2) is 4.90 Å². The van der Waals surface area contributed by atoms with Crippen molar-refractivity contribution in [1.29, 1.82) is 0 Å². The van der Waals surface area contributed by atoms with Crippen molar-refractivity contribution < 1.29 is 17.6 Å². The lowest BCUT2D eigenvalue weighted by atomic mass is 10.3. The fourth-order valence-electron chi connectivity index (χ4n) is 1.19. The van der Waals surface area contributed by atoms with E-state index in [-0.39, 0.29) is 5.25 Å². The van der Waals surface area contributed by atoms with Gasteiger partial charge in [0.15, 0.2) is 11.6 Å². The van der Waals surface area contributed by atoms with Crippen LogP contribution in [0.2, 0.25) is 0 Å². The largest absolute Gasteiger partial charge is 0.252 e. The Kier molecular flexibility index (Phi) is 4.58. The van der Waals surface area contributed by atoms with Gasteiger partial charge in [-0.2, -0.15) is 13.8 Å². The van der Waals surface area contributed by atoms with E-state index in [2.05, 4.69) is 4.98 Å². The molecule has 90 valence electrons. The van der Waals surface area contributed by atoms with Gasteiger partial charge in [0.1, 0.15) is 0 Å². The predicted octanol–water partition coefficient (Wildman–Crippen LogP) is 3.92. The Hall–Kier alpha value is -0.780. The normalized spacial score (nSPS) is 11.2. The average molecular weight is 253 g/mol. The van der Waals surface area contributed by atoms with Crippen LogP contribution in [0.25, 0.3) is 0 Å². The van der Waals surface area contributed by atoms with Gasteiger partial charge in [0.25, 0.3) is 11.9 Å². The second-order valence-corrected chi connectivity index (χ2v) is 4.52. The zero-order valence-electron chi connectivity index (χ0n) is 8.86. The number of halogens is 4. The highest BCUT2D eigenvalue weighted by Gasteiger charge is 2.22. The maximum atomic E-state index is 13.2. The standard InChI is InChI=1S/C10H11F4NS/c1-3-5(4-2)16-8-6(11)9(13)15-10(14)7(8)12/h5H,3-4H2,1-2H3. The van der Waals surface area contributed by atoms with Gasteiger partial charge in [-0.3, -0.25) is 0 Å². The molecule has 0 bridgehead atoms. The molecule has 0 amide bonds. The molecule has 0 aromatic carbocycles. The van der Waals surface area contributed by atoms with E-state index in [1.807, 2.05) is 13.8 Å². The van der Waals surface area contributed by atoms with Gasteiger partial charge in [-0.05, 0) is 12.8 Å². The van der Waals surface area contributed by atoms with Gasteiger partial charge in [0.2, 0.25) is 0 Å². The van der Waals surface area contributed by atoms with Gasteiger partial charge >= 0.3 is 0 Å². The number of nitrogens with zero attached hydrogens (tertiary/aromatic N) is 1. The third kappa shape index (κ3) is 2.66. The number of aromatic nitrogens is 1. The molecule has 1 heterocycles. The van der Waals surface area contributed by atoms with Crippen LogP contribution in [0.3, 0.4) is 0 Å². The van der Waals surface area contributed by atoms with Gasteiger partial charge in [-0.25, -0.2) is 8.78 Å². The first-order chi connectivity index (χ1) is 7.51. The zero-order chi connectivity index (χ0) is 12.3. The molecular weight excluding hydrogens is 242 g/mol. The molecule has 0 N–H and O–H groups in total. The van der Waals surface area contributed by atoms with Crippen molar-refractivity contribution in [3.8, 4) is 0 Å². The van der Waals surface area contributed by atoms with Crippen molar-refractivity contribution in [2.24, 2.45) is 0 Å². The molecule has 0 saturated heterocycles. The van der Waals surface area contributed by atoms with E-state index in [9.17, 15) is 17.6 Å². The Bertz CT molecular complexity index is 353. The van der Waals surface area contributed by atoms with Crippen molar-refractivity contribution in [1.82, 2.24) is 4.98 Å². The minimum Gasteiger partial charge on any atom is -0.201 e. The van der Waals surface area contributed by atoms with Gasteiger partial charge < -0.3 is 0 Å². The first-order valence-electron chi connectivity index (χ1n) is 4.87. The second kappa shape index (κ2) is 5.52. The molecule has 1 aromatic rings. The molecule has 16 heavy (non-hydrogen) atoms. The van der Waals surface area contributed by atoms with E-state index in [4.69, 9.17) is 0 Å². The summed E-state index contributed by atoms with van der Waals surface area (Å²) in [6.07, 6.45) is 1.32. The molecule has 0 spiro atoms. The minimum absolute atomic E-state index is 0.0785. The van der Waals surface area contributed by atoms with Crippen molar-refractivity contribution in [2.75, 3.05) is 0 Å². The highest BCUT2D eigenvalue weighted by atomic mass is 32.2. The summed E-state index contributed by atoms with van der Waals surface area (Å²) in [5, 5.41) is -0.0785. The Morgan fingerprint density at radius 1 is 1.00 bits per heavy atom. The molecule has 0 unspecified atom stereocenters. The van der Waals surface area contributed by atoms with Crippen LogP contribution in [-0.4, -0.2) is 10.2 Å². The van der Waals surface area contributed by atoms with Crippen molar-refractivity contribution in [3.05, 3.63) is 23.5 Å². The highest BCUT2D eigenvalue weighted by Crippen LogP contribution is 2.33. The van der Waals surface area contributed by atoms with Gasteiger partial charge in [0.05, 0.1) is 4.90 Å². The van der Waals surface area contributed by atoms with Crippen molar-refractivity contribution >= 4 is 11.8 Å². The van der Waals surface area contributed by atoms with Crippen LogP contribution in [-0.2, 0) is 0 Å². The van der Waals surface area contributed by atoms with Crippen molar-refractivity contribution in [3.63, 3.8) is 0 Å². The van der Waals surface area contributed by atoms with Gasteiger partial charge in [-0.15, -0.1) is 11.8 Å². The second-order valence-electron chi connectivity index (χ2n) is 3.21. The lowest BCUT2D eigenvalue weighted by Gasteiger charge is -2.13. The Labute approximate surface area is 95.3 Å². The summed E-state index contributed by atoms with van der Waals surface area (Å²) in [6.45, 7) is 3.68. The Morgan fingerprint density at radius 2 is 1.44 bits per heavy atom.